The van der Waals surface area contributed by atoms with E-state index in [-0.39, 0.29) is 5.24 Å². The van der Waals surface area contributed by atoms with E-state index in [9.17, 15) is 9.59 Å². The molecule has 7 heteroatoms. The van der Waals surface area contributed by atoms with E-state index in [0.717, 1.165) is 22.2 Å². The van der Waals surface area contributed by atoms with Gasteiger partial charge in [-0.2, -0.15) is 0 Å². The van der Waals surface area contributed by atoms with Crippen molar-refractivity contribution in [2.24, 2.45) is 0 Å². The monoisotopic (exact) mass is 389 g/mol. The van der Waals surface area contributed by atoms with E-state index in [0.29, 0.717) is 32.7 Å². The Morgan fingerprint density at radius 2 is 1.88 bits per heavy atom. The highest BCUT2D eigenvalue weighted by molar-refractivity contribution is 8.19. The second-order valence-corrected chi connectivity index (χ2v) is 6.94. The van der Waals surface area contributed by atoms with Gasteiger partial charge in [0.1, 0.15) is 11.5 Å². The number of rotatable bonds is 4. The molecule has 134 valence electrons. The van der Waals surface area contributed by atoms with Crippen molar-refractivity contribution < 1.29 is 19.1 Å². The van der Waals surface area contributed by atoms with Gasteiger partial charge in [-0.25, -0.2) is 4.90 Å². The second-order valence-electron chi connectivity index (χ2n) is 5.51. The van der Waals surface area contributed by atoms with Crippen LogP contribution in [0, 0.1) is 6.92 Å². The molecule has 3 rings (SSSR count). The fraction of sp³-hybridized carbons (Fsp3) is 0.158. The third-order valence-corrected chi connectivity index (χ3v) is 5.06. The van der Waals surface area contributed by atoms with Gasteiger partial charge in [0.05, 0.1) is 24.8 Å². The van der Waals surface area contributed by atoms with Crippen molar-refractivity contribution in [1.82, 2.24) is 0 Å². The summed E-state index contributed by atoms with van der Waals surface area (Å²) < 4.78 is 10.7. The first-order valence-corrected chi connectivity index (χ1v) is 8.90. The molecule has 0 saturated carbocycles. The van der Waals surface area contributed by atoms with Crippen LogP contribution in [0.2, 0.25) is 5.02 Å². The lowest BCUT2D eigenvalue weighted by Crippen LogP contribution is -2.27. The molecule has 5 nitrogen and oxygen atoms in total. The third kappa shape index (κ3) is 3.30. The molecule has 1 heterocycles. The Kier molecular flexibility index (Phi) is 5.25. The Balaban J connectivity index is 2.00. The van der Waals surface area contributed by atoms with Gasteiger partial charge in [-0.3, -0.25) is 9.59 Å². The van der Waals surface area contributed by atoms with E-state index in [1.165, 1.54) is 0 Å². The molecule has 0 atom stereocenters. The van der Waals surface area contributed by atoms with Crippen molar-refractivity contribution in [3.8, 4) is 11.5 Å². The van der Waals surface area contributed by atoms with Crippen LogP contribution in [0.3, 0.4) is 0 Å². The molecular weight excluding hydrogens is 374 g/mol. The van der Waals surface area contributed by atoms with E-state index in [4.69, 9.17) is 21.1 Å². The predicted molar refractivity (Wildman–Crippen MR) is 104 cm³/mol. The van der Waals surface area contributed by atoms with Gasteiger partial charge in [0.15, 0.2) is 0 Å². The summed E-state index contributed by atoms with van der Waals surface area (Å²) in [7, 11) is 3.13. The van der Waals surface area contributed by atoms with Crippen LogP contribution in [0.5, 0.6) is 11.5 Å². The van der Waals surface area contributed by atoms with Crippen LogP contribution in [-0.2, 0) is 4.79 Å². The van der Waals surface area contributed by atoms with Crippen LogP contribution in [0.25, 0.3) is 6.08 Å². The van der Waals surface area contributed by atoms with Crippen LogP contribution >= 0.6 is 23.4 Å². The summed E-state index contributed by atoms with van der Waals surface area (Å²) in [6.07, 6.45) is 1.65. The summed E-state index contributed by atoms with van der Waals surface area (Å²) in [4.78, 5) is 26.5. The molecular formula is C19H16ClNO4S. The largest absolute Gasteiger partial charge is 0.496 e. The quantitative estimate of drug-likeness (QED) is 0.695. The van der Waals surface area contributed by atoms with Gasteiger partial charge in [-0.1, -0.05) is 17.7 Å². The van der Waals surface area contributed by atoms with E-state index in [2.05, 4.69) is 0 Å². The van der Waals surface area contributed by atoms with Crippen LogP contribution in [0.15, 0.2) is 41.3 Å². The van der Waals surface area contributed by atoms with Crippen molar-refractivity contribution in [3.63, 3.8) is 0 Å². The van der Waals surface area contributed by atoms with Crippen LogP contribution in [0.4, 0.5) is 10.5 Å². The number of imide groups is 1. The molecule has 0 aliphatic carbocycles. The van der Waals surface area contributed by atoms with Gasteiger partial charge in [0.2, 0.25) is 0 Å². The molecule has 0 spiro atoms. The highest BCUT2D eigenvalue weighted by Gasteiger charge is 2.36. The van der Waals surface area contributed by atoms with Gasteiger partial charge in [-0.15, -0.1) is 0 Å². The molecule has 0 radical (unpaired) electrons. The topological polar surface area (TPSA) is 55.8 Å². The first-order chi connectivity index (χ1) is 12.5. The number of methoxy groups -OCH3 is 2. The second kappa shape index (κ2) is 7.43. The lowest BCUT2D eigenvalue weighted by Gasteiger charge is -2.13. The number of carbonyl (C=O) groups is 2. The third-order valence-electron chi connectivity index (χ3n) is 3.96. The maximum absolute atomic E-state index is 12.7. The summed E-state index contributed by atoms with van der Waals surface area (Å²) in [5, 5.41) is 0.0886. The average molecular weight is 390 g/mol. The minimum atomic E-state index is -0.391. The Hall–Kier alpha value is -2.44. The molecule has 1 fully saturated rings. The van der Waals surface area contributed by atoms with Gasteiger partial charge >= 0.3 is 0 Å². The number of thioether (sulfide) groups is 1. The molecule has 1 aliphatic heterocycles. The number of hydrogen-bond acceptors (Lipinski definition) is 5. The zero-order valence-electron chi connectivity index (χ0n) is 14.4. The van der Waals surface area contributed by atoms with Gasteiger partial charge < -0.3 is 9.47 Å². The van der Waals surface area contributed by atoms with Gasteiger partial charge in [0.25, 0.3) is 11.1 Å². The summed E-state index contributed by atoms with van der Waals surface area (Å²) >= 11 is 6.85. The number of carbonyl (C=O) groups excluding carboxylic acids is 2. The first-order valence-electron chi connectivity index (χ1n) is 7.71. The smallest absolute Gasteiger partial charge is 0.298 e. The normalized spacial score (nSPS) is 15.7. The van der Waals surface area contributed by atoms with Crippen LogP contribution in [0.1, 0.15) is 11.1 Å². The van der Waals surface area contributed by atoms with Crippen LogP contribution in [-0.4, -0.2) is 25.4 Å². The fourth-order valence-corrected chi connectivity index (χ4v) is 3.76. The zero-order valence-corrected chi connectivity index (χ0v) is 16.0. The van der Waals surface area contributed by atoms with E-state index in [1.807, 2.05) is 6.92 Å². The average Bonchev–Trinajstić information content (AvgIpc) is 2.89. The van der Waals surface area contributed by atoms with Crippen molar-refractivity contribution in [3.05, 3.63) is 57.5 Å². The van der Waals surface area contributed by atoms with Crippen molar-refractivity contribution in [1.29, 1.82) is 0 Å². The molecule has 2 amide bonds. The highest BCUT2D eigenvalue weighted by atomic mass is 35.5. The molecule has 26 heavy (non-hydrogen) atoms. The maximum atomic E-state index is 12.7. The number of nitrogens with zero attached hydrogens (tertiary/aromatic N) is 1. The Bertz CT molecular complexity index is 926. The predicted octanol–water partition coefficient (Wildman–Crippen LogP) is 4.91. The minimum Gasteiger partial charge on any atom is -0.496 e. The van der Waals surface area contributed by atoms with E-state index < -0.39 is 5.91 Å². The van der Waals surface area contributed by atoms with Crippen molar-refractivity contribution in [2.75, 3.05) is 19.1 Å². The first kappa shape index (κ1) is 18.4. The molecule has 0 bridgehead atoms. The Labute approximate surface area is 160 Å². The van der Waals surface area contributed by atoms with Gasteiger partial charge in [0, 0.05) is 16.1 Å². The number of benzene rings is 2. The number of hydrogen-bond donors (Lipinski definition) is 0. The summed E-state index contributed by atoms with van der Waals surface area (Å²) in [6, 6.07) is 10.2. The number of halogens is 1. The number of amides is 2. The molecule has 2 aromatic carbocycles. The molecule has 1 saturated heterocycles. The molecule has 0 N–H and O–H groups in total. The molecule has 0 aromatic heterocycles. The Morgan fingerprint density at radius 1 is 1.12 bits per heavy atom. The highest BCUT2D eigenvalue weighted by Crippen LogP contribution is 2.39. The molecule has 0 unspecified atom stereocenters. The van der Waals surface area contributed by atoms with E-state index >= 15 is 0 Å². The fourth-order valence-electron chi connectivity index (χ4n) is 2.75. The Morgan fingerprint density at radius 3 is 2.54 bits per heavy atom. The van der Waals surface area contributed by atoms with Crippen LogP contribution < -0.4 is 14.4 Å². The maximum Gasteiger partial charge on any atom is 0.298 e. The van der Waals surface area contributed by atoms with Crippen molar-refractivity contribution >= 4 is 46.3 Å². The lowest BCUT2D eigenvalue weighted by atomic mass is 10.1. The number of anilines is 1. The summed E-state index contributed by atoms with van der Waals surface area (Å²) in [5.74, 6) is 0.891. The number of ether oxygens (including phenoxy) is 2. The minimum absolute atomic E-state index is 0.317. The summed E-state index contributed by atoms with van der Waals surface area (Å²) in [5.41, 5.74) is 1.96. The van der Waals surface area contributed by atoms with Crippen molar-refractivity contribution in [2.45, 2.75) is 6.92 Å². The SMILES string of the molecule is COc1ccc(/C=C2/SC(=O)N(c3cccc(Cl)c3)C2=O)c(OC)c1C. The van der Waals surface area contributed by atoms with Gasteiger partial charge in [-0.05, 0) is 55.1 Å². The standard InChI is InChI=1S/C19H16ClNO4S/c1-11-15(24-2)8-7-12(17(11)25-3)9-16-18(22)21(19(23)26-16)14-6-4-5-13(20)10-14/h4-10H,1-3H3/b16-9+. The lowest BCUT2D eigenvalue weighted by molar-refractivity contribution is -0.113. The van der Waals surface area contributed by atoms with E-state index in [1.54, 1.807) is 56.7 Å². The molecule has 2 aromatic rings. The summed E-state index contributed by atoms with van der Waals surface area (Å²) in [6.45, 7) is 1.87. The zero-order chi connectivity index (χ0) is 18.8. The molecule has 1 aliphatic rings.